The summed E-state index contributed by atoms with van der Waals surface area (Å²) in [5, 5.41) is 34.9. The normalized spacial score (nSPS) is 15.4. The molecule has 0 aliphatic rings. The number of nitrogens with two attached hydrogens (primary N) is 2. The minimum Gasteiger partial charge on any atom is -0.480 e. The number of aromatic nitrogens is 2. The molecule has 0 bridgehead atoms. The molecule has 0 saturated carbocycles. The van der Waals surface area contributed by atoms with E-state index in [9.17, 15) is 34.2 Å². The second-order valence-electron chi connectivity index (χ2n) is 7.26. The van der Waals surface area contributed by atoms with Gasteiger partial charge in [-0.3, -0.25) is 19.2 Å². The zero-order valence-corrected chi connectivity index (χ0v) is 17.9. The van der Waals surface area contributed by atoms with Crippen LogP contribution in [0.1, 0.15) is 25.5 Å². The summed E-state index contributed by atoms with van der Waals surface area (Å²) in [4.78, 5) is 66.0. The van der Waals surface area contributed by atoms with Gasteiger partial charge < -0.3 is 47.7 Å². The molecule has 184 valence electrons. The summed E-state index contributed by atoms with van der Waals surface area (Å²) in [5.41, 5.74) is 11.0. The van der Waals surface area contributed by atoms with Crippen molar-refractivity contribution in [3.05, 3.63) is 18.2 Å². The summed E-state index contributed by atoms with van der Waals surface area (Å²) in [6.07, 6.45) is 0.882. The van der Waals surface area contributed by atoms with Crippen LogP contribution in [0.3, 0.4) is 0 Å². The molecule has 15 nitrogen and oxygen atoms in total. The van der Waals surface area contributed by atoms with E-state index in [0.717, 1.165) is 0 Å². The number of aliphatic hydroxyl groups excluding tert-OH is 2. The zero-order chi connectivity index (χ0) is 25.1. The lowest BCUT2D eigenvalue weighted by Gasteiger charge is -2.25. The molecule has 0 aliphatic carbocycles. The van der Waals surface area contributed by atoms with Crippen molar-refractivity contribution in [1.82, 2.24) is 25.9 Å². The molecule has 1 heterocycles. The predicted octanol–water partition coefficient (Wildman–Crippen LogP) is -4.54. The molecule has 0 fully saturated rings. The second-order valence-corrected chi connectivity index (χ2v) is 7.26. The van der Waals surface area contributed by atoms with Crippen LogP contribution in [0.4, 0.5) is 0 Å². The van der Waals surface area contributed by atoms with Crippen molar-refractivity contribution in [3.63, 3.8) is 0 Å². The highest BCUT2D eigenvalue weighted by atomic mass is 16.4. The predicted molar refractivity (Wildman–Crippen MR) is 111 cm³/mol. The lowest BCUT2D eigenvalue weighted by Crippen LogP contribution is -2.59. The lowest BCUT2D eigenvalue weighted by atomic mass is 10.1. The highest BCUT2D eigenvalue weighted by molar-refractivity contribution is 5.94. The molecule has 0 aliphatic heterocycles. The van der Waals surface area contributed by atoms with Crippen molar-refractivity contribution in [2.24, 2.45) is 11.5 Å². The van der Waals surface area contributed by atoms with Gasteiger partial charge >= 0.3 is 5.97 Å². The first-order chi connectivity index (χ1) is 15.5. The number of aromatic amines is 1. The molecule has 15 heteroatoms. The van der Waals surface area contributed by atoms with Gasteiger partial charge in [0.2, 0.25) is 23.6 Å². The van der Waals surface area contributed by atoms with Crippen molar-refractivity contribution in [1.29, 1.82) is 0 Å². The molecule has 1 rings (SSSR count). The van der Waals surface area contributed by atoms with Crippen molar-refractivity contribution in [3.8, 4) is 0 Å². The number of rotatable bonds is 14. The smallest absolute Gasteiger partial charge is 0.328 e. The first-order valence-corrected chi connectivity index (χ1v) is 9.90. The van der Waals surface area contributed by atoms with Crippen LogP contribution in [0.5, 0.6) is 0 Å². The number of H-pyrrole nitrogens is 1. The van der Waals surface area contributed by atoms with Crippen molar-refractivity contribution in [2.45, 2.75) is 56.5 Å². The van der Waals surface area contributed by atoms with Gasteiger partial charge in [0.15, 0.2) is 6.04 Å². The Kier molecular flexibility index (Phi) is 10.9. The molecule has 11 N–H and O–H groups in total. The van der Waals surface area contributed by atoms with Gasteiger partial charge in [0.1, 0.15) is 12.1 Å². The number of nitrogens with one attached hydrogen (secondary N) is 4. The van der Waals surface area contributed by atoms with Crippen LogP contribution >= 0.6 is 0 Å². The van der Waals surface area contributed by atoms with Crippen molar-refractivity contribution < 1.29 is 39.3 Å². The Morgan fingerprint density at radius 3 is 2.18 bits per heavy atom. The molecule has 5 unspecified atom stereocenters. The van der Waals surface area contributed by atoms with E-state index < -0.39 is 66.5 Å². The van der Waals surface area contributed by atoms with E-state index in [4.69, 9.17) is 16.6 Å². The minimum atomic E-state index is -1.64. The Balaban J connectivity index is 2.92. The van der Waals surface area contributed by atoms with E-state index in [0.29, 0.717) is 5.69 Å². The van der Waals surface area contributed by atoms with Gasteiger partial charge in [-0.05, 0) is 13.3 Å². The first kappa shape index (κ1) is 27.5. The number of carbonyl (C=O) groups is 5. The summed E-state index contributed by atoms with van der Waals surface area (Å²) >= 11 is 0. The van der Waals surface area contributed by atoms with Gasteiger partial charge in [0.25, 0.3) is 0 Å². The summed E-state index contributed by atoms with van der Waals surface area (Å²) in [6.45, 7) is 0.324. The number of hydrogen-bond acceptors (Lipinski definition) is 9. The molecule has 1 aromatic heterocycles. The van der Waals surface area contributed by atoms with Crippen LogP contribution in [0.25, 0.3) is 0 Å². The quantitative estimate of drug-likeness (QED) is 0.125. The monoisotopic (exact) mass is 471 g/mol. The molecule has 1 aromatic rings. The van der Waals surface area contributed by atoms with Gasteiger partial charge in [0, 0.05) is 24.7 Å². The number of hydrogen-bond donors (Lipinski definition) is 9. The Bertz CT molecular complexity index is 830. The number of carboxylic acids is 1. The van der Waals surface area contributed by atoms with Gasteiger partial charge in [0.05, 0.1) is 25.1 Å². The largest absolute Gasteiger partial charge is 0.480 e. The molecule has 4 amide bonds. The number of carboxylic acid groups (broad SMARTS) is 1. The SMILES string of the molecule is CC(O)C(NC(=O)C(Cc1cnc[nH]1)NC(=O)C(CO)NC(=O)C(N)CCC(N)=O)C(=O)O. The van der Waals surface area contributed by atoms with Gasteiger partial charge in [-0.25, -0.2) is 9.78 Å². The van der Waals surface area contributed by atoms with Crippen LogP contribution in [-0.2, 0) is 30.4 Å². The van der Waals surface area contributed by atoms with E-state index in [2.05, 4.69) is 25.9 Å². The Morgan fingerprint density at radius 1 is 1.09 bits per heavy atom. The second kappa shape index (κ2) is 13.1. The van der Waals surface area contributed by atoms with Crippen LogP contribution in [-0.4, -0.2) is 91.8 Å². The lowest BCUT2D eigenvalue weighted by molar-refractivity contribution is -0.145. The zero-order valence-electron chi connectivity index (χ0n) is 17.9. The number of aliphatic carboxylic acids is 1. The van der Waals surface area contributed by atoms with E-state index in [1.807, 2.05) is 0 Å². The third kappa shape index (κ3) is 9.22. The average molecular weight is 471 g/mol. The Hall–Kier alpha value is -3.56. The first-order valence-electron chi connectivity index (χ1n) is 9.90. The fourth-order valence-corrected chi connectivity index (χ4v) is 2.64. The third-order valence-electron chi connectivity index (χ3n) is 4.51. The van der Waals surface area contributed by atoms with Crippen molar-refractivity contribution >= 4 is 29.6 Å². The number of amides is 4. The minimum absolute atomic E-state index is 0.0816. The van der Waals surface area contributed by atoms with Crippen LogP contribution in [0.2, 0.25) is 0 Å². The molecule has 0 radical (unpaired) electrons. The number of primary amides is 1. The summed E-state index contributed by atoms with van der Waals surface area (Å²) in [6, 6.07) is -5.67. The molecule has 33 heavy (non-hydrogen) atoms. The average Bonchev–Trinajstić information content (AvgIpc) is 3.25. The van der Waals surface area contributed by atoms with Crippen LogP contribution < -0.4 is 27.4 Å². The molecular weight excluding hydrogens is 442 g/mol. The maximum atomic E-state index is 12.7. The summed E-state index contributed by atoms with van der Waals surface area (Å²) < 4.78 is 0. The van der Waals surface area contributed by atoms with E-state index in [-0.39, 0.29) is 19.3 Å². The van der Waals surface area contributed by atoms with Crippen LogP contribution in [0, 0.1) is 0 Å². The molecule has 0 saturated heterocycles. The van der Waals surface area contributed by atoms with Gasteiger partial charge in [-0.15, -0.1) is 0 Å². The molecular formula is C18H29N7O8. The fourth-order valence-electron chi connectivity index (χ4n) is 2.64. The highest BCUT2D eigenvalue weighted by Gasteiger charge is 2.32. The van der Waals surface area contributed by atoms with E-state index in [1.54, 1.807) is 0 Å². The molecule has 5 atom stereocenters. The van der Waals surface area contributed by atoms with E-state index >= 15 is 0 Å². The Morgan fingerprint density at radius 2 is 1.70 bits per heavy atom. The standard InChI is InChI=1S/C18H29N7O8/c1-8(27)14(18(32)33)25-16(30)11(4-9-5-21-7-22-9)23-17(31)12(6-26)24-15(29)10(19)2-3-13(20)28/h5,7-8,10-12,14,26-27H,2-4,6,19H2,1H3,(H2,20,28)(H,21,22)(H,23,31)(H,24,29)(H,25,30)(H,32,33). The highest BCUT2D eigenvalue weighted by Crippen LogP contribution is 2.03. The van der Waals surface area contributed by atoms with E-state index in [1.165, 1.54) is 19.4 Å². The maximum absolute atomic E-state index is 12.7. The third-order valence-corrected chi connectivity index (χ3v) is 4.51. The van der Waals surface area contributed by atoms with Gasteiger partial charge in [-0.2, -0.15) is 0 Å². The molecule has 0 spiro atoms. The van der Waals surface area contributed by atoms with Crippen molar-refractivity contribution in [2.75, 3.05) is 6.61 Å². The number of carbonyl (C=O) groups excluding carboxylic acids is 4. The summed E-state index contributed by atoms with van der Waals surface area (Å²) in [5.74, 6) is -4.89. The van der Waals surface area contributed by atoms with Crippen LogP contribution in [0.15, 0.2) is 12.5 Å². The topological polar surface area (TPSA) is 263 Å². The van der Waals surface area contributed by atoms with Gasteiger partial charge in [-0.1, -0.05) is 0 Å². The number of aliphatic hydroxyl groups is 2. The fraction of sp³-hybridized carbons (Fsp3) is 0.556. The number of imidazole rings is 1. The summed E-state index contributed by atoms with van der Waals surface area (Å²) in [7, 11) is 0. The molecule has 0 aromatic carbocycles. The maximum Gasteiger partial charge on any atom is 0.328 e. The Labute approximate surface area is 188 Å². The number of nitrogens with zero attached hydrogens (tertiary/aromatic N) is 1.